The smallest absolute Gasteiger partial charge is 0.253 e. The second kappa shape index (κ2) is 6.29. The monoisotopic (exact) mass is 348 g/mol. The number of fused-ring (bicyclic) bond motifs is 1. The number of carbonyl (C=O) groups excluding carboxylic acids is 1. The quantitative estimate of drug-likeness (QED) is 0.788. The van der Waals surface area contributed by atoms with Gasteiger partial charge in [0.2, 0.25) is 0 Å². The Morgan fingerprint density at radius 1 is 1.12 bits per heavy atom. The van der Waals surface area contributed by atoms with Gasteiger partial charge in [-0.1, -0.05) is 30.3 Å². The van der Waals surface area contributed by atoms with Crippen LogP contribution >= 0.6 is 0 Å². The van der Waals surface area contributed by atoms with E-state index in [1.54, 1.807) is 23.3 Å². The van der Waals surface area contributed by atoms with Crippen LogP contribution in [-0.4, -0.2) is 26.3 Å². The maximum absolute atomic E-state index is 13.0. The number of ether oxygens (including phenoxy) is 1. The molecule has 0 radical (unpaired) electrons. The molecule has 0 bridgehead atoms. The summed E-state index contributed by atoms with van der Waals surface area (Å²) in [7, 11) is 0. The average molecular weight is 348 g/mol. The number of hydrogen-bond donors (Lipinski definition) is 1. The van der Waals surface area contributed by atoms with Crippen LogP contribution in [0.1, 0.15) is 42.2 Å². The lowest BCUT2D eigenvalue weighted by atomic mass is 9.89. The molecule has 0 saturated carbocycles. The van der Waals surface area contributed by atoms with Gasteiger partial charge >= 0.3 is 0 Å². The van der Waals surface area contributed by atoms with E-state index in [1.165, 1.54) is 0 Å². The molecule has 6 heteroatoms. The lowest BCUT2D eigenvalue weighted by molar-refractivity contribution is 0.0620. The van der Waals surface area contributed by atoms with Crippen molar-refractivity contribution in [1.29, 1.82) is 0 Å². The Hall–Kier alpha value is -3.15. The predicted octanol–water partition coefficient (Wildman–Crippen LogP) is 3.30. The Morgan fingerprint density at radius 2 is 1.81 bits per heavy atom. The van der Waals surface area contributed by atoms with Gasteiger partial charge in [0, 0.05) is 12.0 Å². The summed E-state index contributed by atoms with van der Waals surface area (Å²) in [6.07, 6.45) is 3.86. The predicted molar refractivity (Wildman–Crippen MR) is 97.3 cm³/mol. The number of amides is 1. The maximum Gasteiger partial charge on any atom is 0.253 e. The zero-order chi connectivity index (χ0) is 18.1. The molecule has 1 aliphatic rings. The second-order valence-electron chi connectivity index (χ2n) is 7.02. The molecule has 2 heterocycles. The highest BCUT2D eigenvalue weighted by molar-refractivity contribution is 5.98. The van der Waals surface area contributed by atoms with Crippen LogP contribution in [0.3, 0.4) is 0 Å². The summed E-state index contributed by atoms with van der Waals surface area (Å²) in [5.41, 5.74) is 1.98. The summed E-state index contributed by atoms with van der Waals surface area (Å²) < 4.78 is 7.78. The molecule has 6 nitrogen and oxygen atoms in total. The van der Waals surface area contributed by atoms with Gasteiger partial charge in [-0.2, -0.15) is 0 Å². The molecular weight excluding hydrogens is 328 g/mol. The molecule has 0 aliphatic carbocycles. The molecule has 0 saturated heterocycles. The fraction of sp³-hybridized carbons (Fsp3) is 0.250. The number of rotatable bonds is 3. The standard InChI is InChI=1S/C20H20N4O2/c1-20(2)11-16(14-7-4-6-10-18(14)26-20)23-19(25)15-8-3-5-9-17(15)24-12-21-22-13-24/h3-10,12-13,16H,11H2,1-2H3,(H,23,25). The van der Waals surface area contributed by atoms with Crippen LogP contribution in [0.25, 0.3) is 5.69 Å². The fourth-order valence-electron chi connectivity index (χ4n) is 3.38. The number of hydrogen-bond acceptors (Lipinski definition) is 4. The molecule has 1 atom stereocenters. The Morgan fingerprint density at radius 3 is 2.62 bits per heavy atom. The van der Waals surface area contributed by atoms with Gasteiger partial charge in [-0.15, -0.1) is 10.2 Å². The van der Waals surface area contributed by atoms with Gasteiger partial charge in [0.15, 0.2) is 0 Å². The topological polar surface area (TPSA) is 69.0 Å². The van der Waals surface area contributed by atoms with E-state index in [2.05, 4.69) is 15.5 Å². The molecule has 1 unspecified atom stereocenters. The summed E-state index contributed by atoms with van der Waals surface area (Å²) in [4.78, 5) is 13.0. The Balaban J connectivity index is 1.66. The minimum Gasteiger partial charge on any atom is -0.487 e. The highest BCUT2D eigenvalue weighted by Gasteiger charge is 2.34. The molecule has 1 aromatic heterocycles. The van der Waals surface area contributed by atoms with Gasteiger partial charge in [0.05, 0.1) is 17.3 Å². The number of benzene rings is 2. The number of nitrogens with one attached hydrogen (secondary N) is 1. The molecule has 1 amide bonds. The number of aromatic nitrogens is 3. The lowest BCUT2D eigenvalue weighted by Crippen LogP contribution is -2.41. The minimum atomic E-state index is -0.347. The maximum atomic E-state index is 13.0. The van der Waals surface area contributed by atoms with E-state index in [1.807, 2.05) is 56.3 Å². The highest BCUT2D eigenvalue weighted by atomic mass is 16.5. The molecule has 26 heavy (non-hydrogen) atoms. The first-order valence-corrected chi connectivity index (χ1v) is 8.56. The van der Waals surface area contributed by atoms with Crippen LogP contribution in [0.5, 0.6) is 5.75 Å². The first-order chi connectivity index (χ1) is 12.5. The molecule has 2 aromatic carbocycles. The van der Waals surface area contributed by atoms with Gasteiger partial charge in [0.1, 0.15) is 24.0 Å². The van der Waals surface area contributed by atoms with Crippen molar-refractivity contribution in [2.24, 2.45) is 0 Å². The van der Waals surface area contributed by atoms with Crippen LogP contribution in [0, 0.1) is 0 Å². The Bertz CT molecular complexity index is 934. The molecule has 0 fully saturated rings. The van der Waals surface area contributed by atoms with E-state index in [4.69, 9.17) is 4.74 Å². The fourth-order valence-corrected chi connectivity index (χ4v) is 3.38. The van der Waals surface area contributed by atoms with Gasteiger partial charge in [-0.3, -0.25) is 9.36 Å². The van der Waals surface area contributed by atoms with E-state index in [-0.39, 0.29) is 17.6 Å². The molecular formula is C20H20N4O2. The Labute approximate surface area is 151 Å². The van der Waals surface area contributed by atoms with Crippen LogP contribution in [0.15, 0.2) is 61.2 Å². The van der Waals surface area contributed by atoms with Crippen molar-refractivity contribution < 1.29 is 9.53 Å². The van der Waals surface area contributed by atoms with Crippen molar-refractivity contribution in [1.82, 2.24) is 20.1 Å². The van der Waals surface area contributed by atoms with Crippen molar-refractivity contribution in [3.05, 3.63) is 72.3 Å². The third kappa shape index (κ3) is 3.06. The SMILES string of the molecule is CC1(C)CC(NC(=O)c2ccccc2-n2cnnc2)c2ccccc2O1. The van der Waals surface area contributed by atoms with Crippen molar-refractivity contribution in [2.45, 2.75) is 31.9 Å². The summed E-state index contributed by atoms with van der Waals surface area (Å²) in [6.45, 7) is 4.07. The zero-order valence-corrected chi connectivity index (χ0v) is 14.7. The molecule has 1 N–H and O–H groups in total. The van der Waals surface area contributed by atoms with Gasteiger partial charge in [-0.05, 0) is 32.0 Å². The third-order valence-electron chi connectivity index (χ3n) is 4.53. The van der Waals surface area contributed by atoms with Crippen LogP contribution in [0.2, 0.25) is 0 Å². The van der Waals surface area contributed by atoms with Gasteiger partial charge in [-0.25, -0.2) is 0 Å². The largest absolute Gasteiger partial charge is 0.487 e. The van der Waals surface area contributed by atoms with E-state index in [9.17, 15) is 4.79 Å². The molecule has 1 aliphatic heterocycles. The van der Waals surface area contributed by atoms with Crippen molar-refractivity contribution in [3.63, 3.8) is 0 Å². The van der Waals surface area contributed by atoms with E-state index < -0.39 is 0 Å². The number of carbonyl (C=O) groups is 1. The van der Waals surface area contributed by atoms with Crippen molar-refractivity contribution >= 4 is 5.91 Å². The highest BCUT2D eigenvalue weighted by Crippen LogP contribution is 2.39. The number of para-hydroxylation sites is 2. The Kier molecular flexibility index (Phi) is 3.95. The van der Waals surface area contributed by atoms with Crippen LogP contribution < -0.4 is 10.1 Å². The first kappa shape index (κ1) is 16.3. The third-order valence-corrected chi connectivity index (χ3v) is 4.53. The van der Waals surface area contributed by atoms with Crippen LogP contribution in [-0.2, 0) is 0 Å². The summed E-state index contributed by atoms with van der Waals surface area (Å²) >= 11 is 0. The van der Waals surface area contributed by atoms with E-state index in [0.717, 1.165) is 17.0 Å². The summed E-state index contributed by atoms with van der Waals surface area (Å²) in [5.74, 6) is 0.688. The first-order valence-electron chi connectivity index (χ1n) is 8.56. The molecule has 3 aromatic rings. The lowest BCUT2D eigenvalue weighted by Gasteiger charge is -2.38. The summed E-state index contributed by atoms with van der Waals surface area (Å²) in [6, 6.07) is 15.2. The normalized spacial score (nSPS) is 17.8. The van der Waals surface area contributed by atoms with Crippen LogP contribution in [0.4, 0.5) is 0 Å². The van der Waals surface area contributed by atoms with Crippen molar-refractivity contribution in [3.8, 4) is 11.4 Å². The molecule has 4 rings (SSSR count). The average Bonchev–Trinajstić information content (AvgIpc) is 3.15. The van der Waals surface area contributed by atoms with E-state index in [0.29, 0.717) is 12.0 Å². The van der Waals surface area contributed by atoms with E-state index >= 15 is 0 Å². The van der Waals surface area contributed by atoms with Crippen molar-refractivity contribution in [2.75, 3.05) is 0 Å². The molecule has 0 spiro atoms. The zero-order valence-electron chi connectivity index (χ0n) is 14.7. The van der Waals surface area contributed by atoms with Gasteiger partial charge in [0.25, 0.3) is 5.91 Å². The van der Waals surface area contributed by atoms with Gasteiger partial charge < -0.3 is 10.1 Å². The molecule has 132 valence electrons. The number of nitrogens with zero attached hydrogens (tertiary/aromatic N) is 3. The minimum absolute atomic E-state index is 0.114. The summed E-state index contributed by atoms with van der Waals surface area (Å²) in [5, 5.41) is 10.8. The second-order valence-corrected chi connectivity index (χ2v) is 7.02.